The number of nitriles is 1. The van der Waals surface area contributed by atoms with Gasteiger partial charge in [0.1, 0.15) is 0 Å². The van der Waals surface area contributed by atoms with Crippen LogP contribution in [0.4, 0.5) is 0 Å². The van der Waals surface area contributed by atoms with Crippen molar-refractivity contribution >= 4 is 11.6 Å². The Bertz CT molecular complexity index is 1010. The number of aryl methyl sites for hydroxylation is 1. The Kier molecular flexibility index (Phi) is 2.72. The van der Waals surface area contributed by atoms with E-state index in [4.69, 9.17) is 11.6 Å². The molecule has 0 atom stereocenters. The molecule has 0 spiro atoms. The summed E-state index contributed by atoms with van der Waals surface area (Å²) < 4.78 is 0. The molecule has 0 N–H and O–H groups in total. The van der Waals surface area contributed by atoms with Gasteiger partial charge >= 0.3 is 0 Å². The quantitative estimate of drug-likeness (QED) is 0.368. The molecule has 0 aromatic heterocycles. The van der Waals surface area contributed by atoms with Gasteiger partial charge in [-0.2, -0.15) is 5.26 Å². The lowest BCUT2D eigenvalue weighted by atomic mass is 9.60. The first-order chi connectivity index (χ1) is 11.7. The molecule has 2 heteroatoms. The average molecular weight is 328 g/mol. The number of hydrogen-bond donors (Lipinski definition) is 0. The maximum Gasteiger partial charge on any atom is 0.0995 e. The van der Waals surface area contributed by atoms with E-state index < -0.39 is 0 Å². The van der Waals surface area contributed by atoms with Crippen LogP contribution in [0, 0.1) is 18.3 Å². The van der Waals surface area contributed by atoms with Crippen molar-refractivity contribution < 1.29 is 0 Å². The summed E-state index contributed by atoms with van der Waals surface area (Å²) in [5, 5.41) is 10.5. The van der Waals surface area contributed by atoms with Crippen LogP contribution in [0.25, 0.3) is 0 Å². The highest BCUT2D eigenvalue weighted by Gasteiger charge is 2.43. The van der Waals surface area contributed by atoms with Gasteiger partial charge in [-0.05, 0) is 51.9 Å². The number of benzene rings is 3. The normalized spacial score (nSPS) is 19.2. The van der Waals surface area contributed by atoms with Crippen molar-refractivity contribution in [2.24, 2.45) is 0 Å². The number of nitrogens with zero attached hydrogens (tertiary/aromatic N) is 1. The minimum atomic E-state index is 0.102. The van der Waals surface area contributed by atoms with Gasteiger partial charge < -0.3 is 0 Å². The van der Waals surface area contributed by atoms with Crippen LogP contribution >= 0.6 is 11.6 Å². The van der Waals surface area contributed by atoms with E-state index in [1.165, 1.54) is 22.3 Å². The van der Waals surface area contributed by atoms with Crippen LogP contribution in [0.3, 0.4) is 0 Å². The first-order valence-corrected chi connectivity index (χ1v) is 8.50. The Hall–Kier alpha value is -2.56. The molecule has 0 unspecified atom stereocenters. The van der Waals surface area contributed by atoms with Gasteiger partial charge in [0.25, 0.3) is 0 Å². The lowest BCUT2D eigenvalue weighted by Gasteiger charge is -2.43. The summed E-state index contributed by atoms with van der Waals surface area (Å²) in [6.07, 6.45) is 0. The van der Waals surface area contributed by atoms with Gasteiger partial charge in [0, 0.05) is 16.9 Å². The molecule has 6 rings (SSSR count). The molecule has 0 saturated heterocycles. The van der Waals surface area contributed by atoms with E-state index in [9.17, 15) is 5.26 Å². The highest BCUT2D eigenvalue weighted by Crippen LogP contribution is 2.58. The van der Waals surface area contributed by atoms with Gasteiger partial charge in [0.15, 0.2) is 0 Å². The Morgan fingerprint density at radius 2 is 1.29 bits per heavy atom. The van der Waals surface area contributed by atoms with Crippen molar-refractivity contribution in [1.82, 2.24) is 0 Å². The predicted molar refractivity (Wildman–Crippen MR) is 95.7 cm³/mol. The van der Waals surface area contributed by atoms with E-state index in [1.807, 2.05) is 13.0 Å². The second kappa shape index (κ2) is 4.72. The minimum absolute atomic E-state index is 0.102. The van der Waals surface area contributed by atoms with E-state index in [-0.39, 0.29) is 11.8 Å². The molecule has 3 aromatic carbocycles. The molecule has 0 heterocycles. The zero-order valence-corrected chi connectivity index (χ0v) is 13.9. The molecular weight excluding hydrogens is 314 g/mol. The largest absolute Gasteiger partial charge is 0.192 e. The summed E-state index contributed by atoms with van der Waals surface area (Å²) in [5.41, 5.74) is 9.25. The van der Waals surface area contributed by atoms with Crippen LogP contribution in [0.2, 0.25) is 5.02 Å². The number of hydrogen-bond acceptors (Lipinski definition) is 1. The third-order valence-electron chi connectivity index (χ3n) is 5.46. The summed E-state index contributed by atoms with van der Waals surface area (Å²) in [5.74, 6) is 0.224. The van der Waals surface area contributed by atoms with Crippen LogP contribution in [-0.4, -0.2) is 0 Å². The van der Waals surface area contributed by atoms with E-state index >= 15 is 0 Å². The monoisotopic (exact) mass is 327 g/mol. The Morgan fingerprint density at radius 1 is 0.833 bits per heavy atom. The number of rotatable bonds is 0. The van der Waals surface area contributed by atoms with Crippen molar-refractivity contribution in [3.63, 3.8) is 0 Å². The van der Waals surface area contributed by atoms with Gasteiger partial charge in [-0.3, -0.25) is 0 Å². The Labute approximate surface area is 146 Å². The molecule has 1 nitrogen and oxygen atoms in total. The van der Waals surface area contributed by atoms with Crippen LogP contribution in [0.5, 0.6) is 0 Å². The smallest absolute Gasteiger partial charge is 0.0995 e. The van der Waals surface area contributed by atoms with Gasteiger partial charge in [-0.25, -0.2) is 0 Å². The maximum atomic E-state index is 9.74. The molecule has 3 aromatic rings. The van der Waals surface area contributed by atoms with Crippen LogP contribution in [0.15, 0.2) is 54.6 Å². The SMILES string of the molecule is Cc1cc(C#N)c2c(c1Cl)C1c3ccccc3C2c2ccccc21. The maximum absolute atomic E-state index is 9.74. The first-order valence-electron chi connectivity index (χ1n) is 8.13. The lowest BCUT2D eigenvalue weighted by molar-refractivity contribution is 0.751. The zero-order valence-electron chi connectivity index (χ0n) is 13.2. The van der Waals surface area contributed by atoms with Crippen molar-refractivity contribution in [2.75, 3.05) is 0 Å². The molecule has 3 aliphatic carbocycles. The molecule has 2 bridgehead atoms. The van der Waals surface area contributed by atoms with E-state index in [0.717, 1.165) is 27.3 Å². The fraction of sp³-hybridized carbons (Fsp3) is 0.136. The standard InChI is InChI=1S/C22H14ClN/c1-12-10-13(11-24)18-19-14-6-2-4-8-16(14)20(21(18)22(12)23)17-9-5-3-7-15(17)19/h2-10,19-20H,1H3. The third-order valence-corrected chi connectivity index (χ3v) is 5.96. The first kappa shape index (κ1) is 13.8. The average Bonchev–Trinajstić information content (AvgIpc) is 2.64. The van der Waals surface area contributed by atoms with Gasteiger partial charge in [0.05, 0.1) is 11.6 Å². The molecular formula is C22H14ClN. The molecule has 24 heavy (non-hydrogen) atoms. The Morgan fingerprint density at radius 3 is 1.75 bits per heavy atom. The molecule has 0 aliphatic heterocycles. The summed E-state index contributed by atoms with van der Waals surface area (Å²) >= 11 is 6.76. The van der Waals surface area contributed by atoms with Crippen LogP contribution < -0.4 is 0 Å². The molecule has 114 valence electrons. The highest BCUT2D eigenvalue weighted by atomic mass is 35.5. The minimum Gasteiger partial charge on any atom is -0.192 e. The van der Waals surface area contributed by atoms with Crippen molar-refractivity contribution in [3.05, 3.63) is 104 Å². The summed E-state index contributed by atoms with van der Waals surface area (Å²) in [4.78, 5) is 0. The van der Waals surface area contributed by atoms with Crippen molar-refractivity contribution in [2.45, 2.75) is 18.8 Å². The van der Waals surface area contributed by atoms with Crippen molar-refractivity contribution in [1.29, 1.82) is 5.26 Å². The second-order valence-electron chi connectivity index (χ2n) is 6.62. The molecule has 0 amide bonds. The molecule has 3 aliphatic rings. The zero-order chi connectivity index (χ0) is 16.4. The van der Waals surface area contributed by atoms with E-state index in [0.29, 0.717) is 0 Å². The van der Waals surface area contributed by atoms with Gasteiger partial charge in [-0.15, -0.1) is 0 Å². The van der Waals surface area contributed by atoms with E-state index in [2.05, 4.69) is 54.6 Å². The molecule has 0 fully saturated rings. The van der Waals surface area contributed by atoms with E-state index in [1.54, 1.807) is 0 Å². The highest BCUT2D eigenvalue weighted by molar-refractivity contribution is 6.32. The Balaban J connectivity index is 1.98. The predicted octanol–water partition coefficient (Wildman–Crippen LogP) is 5.51. The fourth-order valence-corrected chi connectivity index (χ4v) is 4.81. The second-order valence-corrected chi connectivity index (χ2v) is 7.00. The lowest BCUT2D eigenvalue weighted by Crippen LogP contribution is -2.29. The molecule has 0 saturated carbocycles. The van der Waals surface area contributed by atoms with Crippen molar-refractivity contribution in [3.8, 4) is 6.07 Å². The summed E-state index contributed by atoms with van der Waals surface area (Å²) in [7, 11) is 0. The third kappa shape index (κ3) is 1.54. The van der Waals surface area contributed by atoms with Crippen LogP contribution in [-0.2, 0) is 0 Å². The van der Waals surface area contributed by atoms with Gasteiger partial charge in [-0.1, -0.05) is 60.1 Å². The van der Waals surface area contributed by atoms with Crippen LogP contribution in [0.1, 0.15) is 56.3 Å². The summed E-state index contributed by atoms with van der Waals surface area (Å²) in [6, 6.07) is 21.5. The number of halogens is 1. The van der Waals surface area contributed by atoms with Gasteiger partial charge in [0.2, 0.25) is 0 Å². The topological polar surface area (TPSA) is 23.8 Å². The molecule has 0 radical (unpaired) electrons. The summed E-state index contributed by atoms with van der Waals surface area (Å²) in [6.45, 7) is 1.99. The fourth-order valence-electron chi connectivity index (χ4n) is 4.55.